The molecule has 2 saturated carbocycles. The predicted molar refractivity (Wildman–Crippen MR) is 158 cm³/mol. The summed E-state index contributed by atoms with van der Waals surface area (Å²) in [6.07, 6.45) is 7.10. The van der Waals surface area contributed by atoms with Crippen LogP contribution in [0.15, 0.2) is 48.0 Å². The summed E-state index contributed by atoms with van der Waals surface area (Å²) in [5, 5.41) is 11.2. The van der Waals surface area contributed by atoms with Crippen molar-refractivity contribution < 1.29 is 28.7 Å². The van der Waals surface area contributed by atoms with Crippen LogP contribution in [0.2, 0.25) is 10.0 Å². The summed E-state index contributed by atoms with van der Waals surface area (Å²) in [4.78, 5) is 59.0. The van der Waals surface area contributed by atoms with Crippen molar-refractivity contribution >= 4 is 52.5 Å². The Balaban J connectivity index is 1.36. The number of fused-ring (bicyclic) bond motifs is 4. The lowest BCUT2D eigenvalue weighted by Crippen LogP contribution is -2.49. The van der Waals surface area contributed by atoms with Crippen LogP contribution in [0.25, 0.3) is 0 Å². The summed E-state index contributed by atoms with van der Waals surface area (Å²) in [5.74, 6) is -5.43. The summed E-state index contributed by atoms with van der Waals surface area (Å²) in [5.41, 5.74) is -0.0550. The van der Waals surface area contributed by atoms with Crippen LogP contribution >= 0.6 is 23.2 Å². The number of carbonyl (C=O) groups excluding carboxylic acids is 4. The van der Waals surface area contributed by atoms with E-state index in [2.05, 4.69) is 0 Å². The maximum Gasteiger partial charge on any atom is 0.241 e. The van der Waals surface area contributed by atoms with E-state index in [1.807, 2.05) is 6.08 Å². The number of phenolic OH excluding ortho intramolecular Hbond substituents is 1. The summed E-state index contributed by atoms with van der Waals surface area (Å²) in [6, 6.07) is 8.19. The van der Waals surface area contributed by atoms with Gasteiger partial charge in [0, 0.05) is 22.5 Å². The van der Waals surface area contributed by atoms with Crippen LogP contribution in [0.5, 0.6) is 5.75 Å². The standard InChI is InChI=1S/C33H31Cl2FN2O5/c1-33-23(30(41)38(32(33)43)18-8-11-25(36)24(35)14-18)15-21-19(28(33)22-13-16(34)7-12-26(22)39)9-10-20-27(21)31(42)37(29(20)40)17-5-3-2-4-6-17/h7-9,11-14,17,20-21,23,27-28,39H,2-6,10,15H2,1H3. The molecule has 2 heterocycles. The summed E-state index contributed by atoms with van der Waals surface area (Å²) >= 11 is 12.5. The Morgan fingerprint density at radius 1 is 0.930 bits per heavy atom. The van der Waals surface area contributed by atoms with Gasteiger partial charge in [-0.2, -0.15) is 0 Å². The van der Waals surface area contributed by atoms with Gasteiger partial charge in [-0.15, -0.1) is 0 Å². The van der Waals surface area contributed by atoms with Gasteiger partial charge in [-0.05, 0) is 74.9 Å². The molecular formula is C33H31Cl2FN2O5. The fraction of sp³-hybridized carbons (Fsp3) is 0.455. The van der Waals surface area contributed by atoms with Gasteiger partial charge in [-0.1, -0.05) is 54.1 Å². The molecule has 4 fully saturated rings. The van der Waals surface area contributed by atoms with E-state index in [0.717, 1.165) is 48.6 Å². The molecular weight excluding hydrogens is 594 g/mol. The zero-order valence-corrected chi connectivity index (χ0v) is 25.1. The van der Waals surface area contributed by atoms with E-state index >= 15 is 0 Å². The van der Waals surface area contributed by atoms with Crippen molar-refractivity contribution in [1.29, 1.82) is 0 Å². The molecule has 0 aromatic heterocycles. The highest BCUT2D eigenvalue weighted by atomic mass is 35.5. The molecule has 3 aliphatic carbocycles. The number of allylic oxidation sites excluding steroid dienone is 2. The zero-order valence-electron chi connectivity index (χ0n) is 23.6. The minimum absolute atomic E-state index is 0.0840. The van der Waals surface area contributed by atoms with Crippen LogP contribution in [0.1, 0.15) is 63.4 Å². The average Bonchev–Trinajstić information content (AvgIpc) is 3.36. The van der Waals surface area contributed by atoms with Gasteiger partial charge in [-0.3, -0.25) is 24.1 Å². The molecule has 0 bridgehead atoms. The third kappa shape index (κ3) is 4.05. The van der Waals surface area contributed by atoms with Gasteiger partial charge in [0.05, 0.1) is 33.9 Å². The molecule has 10 heteroatoms. The van der Waals surface area contributed by atoms with Crippen LogP contribution in [0, 0.1) is 34.9 Å². The molecule has 7 nitrogen and oxygen atoms in total. The maximum atomic E-state index is 14.4. The number of imide groups is 2. The quantitative estimate of drug-likeness (QED) is 0.315. The molecule has 2 aromatic carbocycles. The molecule has 6 atom stereocenters. The molecule has 1 N–H and O–H groups in total. The minimum atomic E-state index is -1.36. The van der Waals surface area contributed by atoms with E-state index < -0.39 is 52.6 Å². The van der Waals surface area contributed by atoms with Crippen molar-refractivity contribution in [2.24, 2.45) is 29.1 Å². The van der Waals surface area contributed by atoms with Gasteiger partial charge in [0.1, 0.15) is 11.6 Å². The van der Waals surface area contributed by atoms with Crippen molar-refractivity contribution in [2.75, 3.05) is 4.90 Å². The Labute approximate surface area is 258 Å². The van der Waals surface area contributed by atoms with Crippen molar-refractivity contribution in [1.82, 2.24) is 4.90 Å². The van der Waals surface area contributed by atoms with Crippen molar-refractivity contribution in [2.45, 2.75) is 63.8 Å². The van der Waals surface area contributed by atoms with Crippen LogP contribution in [-0.2, 0) is 19.2 Å². The SMILES string of the molecule is CC12C(=O)N(c3ccc(F)c(Cl)c3)C(=O)C1CC1C(=CCC3C(=O)N(C4CCCCC4)C(=O)C31)C2c1cc(Cl)ccc1O. The monoisotopic (exact) mass is 624 g/mol. The van der Waals surface area contributed by atoms with E-state index in [9.17, 15) is 28.7 Å². The number of nitrogens with zero attached hydrogens (tertiary/aromatic N) is 2. The van der Waals surface area contributed by atoms with Gasteiger partial charge in [0.15, 0.2) is 0 Å². The highest BCUT2D eigenvalue weighted by Gasteiger charge is 2.68. The number of benzene rings is 2. The van der Waals surface area contributed by atoms with Gasteiger partial charge < -0.3 is 5.11 Å². The number of hydrogen-bond acceptors (Lipinski definition) is 5. The first kappa shape index (κ1) is 28.5. The van der Waals surface area contributed by atoms with Gasteiger partial charge in [-0.25, -0.2) is 9.29 Å². The van der Waals surface area contributed by atoms with Crippen molar-refractivity contribution in [3.8, 4) is 5.75 Å². The largest absolute Gasteiger partial charge is 0.508 e. The summed E-state index contributed by atoms with van der Waals surface area (Å²) < 4.78 is 14.0. The fourth-order valence-electron chi connectivity index (χ4n) is 8.71. The Morgan fingerprint density at radius 2 is 1.67 bits per heavy atom. The number of likely N-dealkylation sites (tertiary alicyclic amines) is 1. The van der Waals surface area contributed by atoms with E-state index in [1.165, 1.54) is 23.1 Å². The molecule has 0 radical (unpaired) electrons. The average molecular weight is 626 g/mol. The number of anilines is 1. The summed E-state index contributed by atoms with van der Waals surface area (Å²) in [7, 11) is 0. The second-order valence-corrected chi connectivity index (χ2v) is 13.6. The van der Waals surface area contributed by atoms with Crippen molar-refractivity contribution in [3.05, 3.63) is 69.5 Å². The number of amides is 4. The Hall–Kier alpha value is -3.23. The number of halogens is 3. The fourth-order valence-corrected chi connectivity index (χ4v) is 9.06. The minimum Gasteiger partial charge on any atom is -0.508 e. The molecule has 6 unspecified atom stereocenters. The molecule has 2 aromatic rings. The van der Waals surface area contributed by atoms with Crippen molar-refractivity contribution in [3.63, 3.8) is 0 Å². The van der Waals surface area contributed by atoms with Crippen LogP contribution < -0.4 is 4.90 Å². The second-order valence-electron chi connectivity index (χ2n) is 12.8. The molecule has 2 aliphatic heterocycles. The highest BCUT2D eigenvalue weighted by Crippen LogP contribution is 2.64. The lowest BCUT2D eigenvalue weighted by molar-refractivity contribution is -0.144. The topological polar surface area (TPSA) is 95.0 Å². The Bertz CT molecular complexity index is 1620. The predicted octanol–water partition coefficient (Wildman–Crippen LogP) is 6.40. The summed E-state index contributed by atoms with van der Waals surface area (Å²) in [6.45, 7) is 1.72. The molecule has 4 amide bonds. The normalized spacial score (nSPS) is 32.6. The van der Waals surface area contributed by atoms with Crippen LogP contribution in [0.3, 0.4) is 0 Å². The second kappa shape index (κ2) is 10.2. The molecule has 43 heavy (non-hydrogen) atoms. The van der Waals surface area contributed by atoms with Crippen LogP contribution in [-0.4, -0.2) is 39.7 Å². The Kier molecular flexibility index (Phi) is 6.74. The number of rotatable bonds is 3. The van der Waals surface area contributed by atoms with Gasteiger partial charge >= 0.3 is 0 Å². The third-order valence-electron chi connectivity index (χ3n) is 10.7. The van der Waals surface area contributed by atoms with E-state index in [-0.39, 0.29) is 40.7 Å². The molecule has 224 valence electrons. The van der Waals surface area contributed by atoms with E-state index in [4.69, 9.17) is 23.2 Å². The lowest BCUT2D eigenvalue weighted by Gasteiger charge is -2.49. The Morgan fingerprint density at radius 3 is 2.40 bits per heavy atom. The molecule has 7 rings (SSSR count). The first-order valence-corrected chi connectivity index (χ1v) is 15.7. The number of carbonyl (C=O) groups is 4. The number of aromatic hydroxyl groups is 1. The number of hydrogen-bond donors (Lipinski definition) is 1. The van der Waals surface area contributed by atoms with Crippen LogP contribution in [0.4, 0.5) is 10.1 Å². The zero-order chi connectivity index (χ0) is 30.4. The van der Waals surface area contributed by atoms with Gasteiger partial charge in [0.25, 0.3) is 0 Å². The molecule has 5 aliphatic rings. The maximum absolute atomic E-state index is 14.4. The number of phenols is 1. The lowest BCUT2D eigenvalue weighted by atomic mass is 9.51. The highest BCUT2D eigenvalue weighted by molar-refractivity contribution is 6.32. The van der Waals surface area contributed by atoms with Gasteiger partial charge in [0.2, 0.25) is 23.6 Å². The molecule has 2 saturated heterocycles. The van der Waals surface area contributed by atoms with E-state index in [1.54, 1.807) is 19.1 Å². The third-order valence-corrected chi connectivity index (χ3v) is 11.2. The smallest absolute Gasteiger partial charge is 0.241 e. The molecule has 0 spiro atoms. The van der Waals surface area contributed by atoms with E-state index in [0.29, 0.717) is 17.0 Å². The first-order chi connectivity index (χ1) is 20.5. The first-order valence-electron chi connectivity index (χ1n) is 14.9.